The predicted octanol–water partition coefficient (Wildman–Crippen LogP) is 3.25. The zero-order valence-corrected chi connectivity index (χ0v) is 18.9. The molecule has 2 aliphatic heterocycles. The second-order valence-electron chi connectivity index (χ2n) is 8.56. The lowest BCUT2D eigenvalue weighted by molar-refractivity contribution is -0.00638. The minimum absolute atomic E-state index is 0.0195. The molecular weight excluding hydrogens is 416 g/mol. The van der Waals surface area contributed by atoms with Crippen molar-refractivity contribution in [3.63, 3.8) is 0 Å². The fraction of sp³-hybridized carbons (Fsp3) is 0.545. The summed E-state index contributed by atoms with van der Waals surface area (Å²) in [5.74, 6) is 1.28. The van der Waals surface area contributed by atoms with Gasteiger partial charge in [0.25, 0.3) is 0 Å². The average Bonchev–Trinajstić information content (AvgIpc) is 3.18. The molecule has 0 unspecified atom stereocenters. The number of aromatic nitrogens is 1. The highest BCUT2D eigenvalue weighted by atomic mass is 32.2. The number of benzene rings is 1. The maximum absolute atomic E-state index is 12.9. The molecule has 0 spiro atoms. The maximum Gasteiger partial charge on any atom is 0.243 e. The fourth-order valence-electron chi connectivity index (χ4n) is 4.21. The van der Waals surface area contributed by atoms with Crippen LogP contribution in [0.25, 0.3) is 11.5 Å². The molecule has 0 N–H and O–H groups in total. The van der Waals surface area contributed by atoms with Crippen LogP contribution in [0.2, 0.25) is 0 Å². The van der Waals surface area contributed by atoms with Crippen molar-refractivity contribution >= 4 is 15.9 Å². The zero-order chi connectivity index (χ0) is 22.2. The molecule has 0 saturated carbocycles. The molecule has 2 aliphatic rings. The largest absolute Gasteiger partial charge is 0.419 e. The van der Waals surface area contributed by atoms with Crippen LogP contribution in [0.1, 0.15) is 39.3 Å². The number of hydrogen-bond acceptors (Lipinski definition) is 7. The van der Waals surface area contributed by atoms with Crippen LogP contribution in [0.4, 0.5) is 5.88 Å². The van der Waals surface area contributed by atoms with Gasteiger partial charge in [-0.1, -0.05) is 6.92 Å². The molecule has 1 aromatic carbocycles. The Kier molecular flexibility index (Phi) is 6.06. The van der Waals surface area contributed by atoms with E-state index in [-0.39, 0.29) is 22.8 Å². The Morgan fingerprint density at radius 1 is 1.06 bits per heavy atom. The van der Waals surface area contributed by atoms with Gasteiger partial charge in [0.2, 0.25) is 27.5 Å². The molecule has 2 atom stereocenters. The first-order chi connectivity index (χ1) is 14.8. The predicted molar refractivity (Wildman–Crippen MR) is 116 cm³/mol. The average molecular weight is 445 g/mol. The van der Waals surface area contributed by atoms with E-state index in [1.165, 1.54) is 0 Å². The van der Waals surface area contributed by atoms with Crippen molar-refractivity contribution in [2.45, 2.75) is 50.7 Å². The van der Waals surface area contributed by atoms with Gasteiger partial charge in [-0.3, -0.25) is 0 Å². The number of rotatable bonds is 4. The number of sulfonamides is 1. The molecule has 0 bridgehead atoms. The summed E-state index contributed by atoms with van der Waals surface area (Å²) >= 11 is 0. The zero-order valence-electron chi connectivity index (χ0n) is 18.1. The molecule has 3 heterocycles. The Bertz CT molecular complexity index is 1060. The molecule has 31 heavy (non-hydrogen) atoms. The summed E-state index contributed by atoms with van der Waals surface area (Å²) in [5, 5.41) is 9.54. The highest BCUT2D eigenvalue weighted by Gasteiger charge is 2.30. The minimum atomic E-state index is -3.51. The topological polar surface area (TPSA) is 99.7 Å². The lowest BCUT2D eigenvalue weighted by atomic mass is 10.0. The molecule has 0 aliphatic carbocycles. The van der Waals surface area contributed by atoms with Crippen LogP contribution in [0.15, 0.2) is 33.6 Å². The SMILES string of the molecule is CC1CCN(S(=O)(=O)c2ccc(-c3nc(C#N)c(N4C[C@@H](C)O[C@@H](C)C4)o3)cc2)CC1. The molecule has 4 rings (SSSR count). The van der Waals surface area contributed by atoms with Crippen LogP contribution in [0.3, 0.4) is 0 Å². The van der Waals surface area contributed by atoms with Crippen LogP contribution in [-0.4, -0.2) is 56.1 Å². The Morgan fingerprint density at radius 3 is 2.26 bits per heavy atom. The molecule has 2 fully saturated rings. The van der Waals surface area contributed by atoms with Crippen LogP contribution in [-0.2, 0) is 14.8 Å². The van der Waals surface area contributed by atoms with E-state index in [2.05, 4.69) is 18.0 Å². The second-order valence-corrected chi connectivity index (χ2v) is 10.5. The van der Waals surface area contributed by atoms with Gasteiger partial charge < -0.3 is 14.1 Å². The molecular formula is C22H28N4O4S. The number of oxazole rings is 1. The maximum atomic E-state index is 12.9. The van der Waals surface area contributed by atoms with Crippen LogP contribution in [0, 0.1) is 17.2 Å². The number of anilines is 1. The van der Waals surface area contributed by atoms with Gasteiger partial charge in [0.05, 0.1) is 17.1 Å². The van der Waals surface area contributed by atoms with E-state index in [0.29, 0.717) is 49.4 Å². The molecule has 2 saturated heterocycles. The number of piperidine rings is 1. The van der Waals surface area contributed by atoms with Crippen molar-refractivity contribution in [3.05, 3.63) is 30.0 Å². The van der Waals surface area contributed by atoms with E-state index in [1.807, 2.05) is 18.7 Å². The Hall–Kier alpha value is -2.41. The summed E-state index contributed by atoms with van der Waals surface area (Å²) < 4.78 is 39.1. The standard InChI is InChI=1S/C22H28N4O4S/c1-15-8-10-26(11-9-15)31(27,28)19-6-4-18(5-7-19)21-24-20(12-23)22(30-21)25-13-16(2)29-17(3)14-25/h4-7,15-17H,8-11,13-14H2,1-3H3/t16-,17+. The van der Waals surface area contributed by atoms with Gasteiger partial charge in [-0.2, -0.15) is 14.6 Å². The van der Waals surface area contributed by atoms with Crippen molar-refractivity contribution in [2.75, 3.05) is 31.1 Å². The van der Waals surface area contributed by atoms with Gasteiger partial charge in [0, 0.05) is 31.7 Å². The number of nitriles is 1. The monoisotopic (exact) mass is 444 g/mol. The van der Waals surface area contributed by atoms with Crippen LogP contribution in [0.5, 0.6) is 0 Å². The third-order valence-corrected chi connectivity index (χ3v) is 7.82. The molecule has 0 radical (unpaired) electrons. The second kappa shape index (κ2) is 8.61. The third-order valence-electron chi connectivity index (χ3n) is 5.90. The highest BCUT2D eigenvalue weighted by Crippen LogP contribution is 2.31. The lowest BCUT2D eigenvalue weighted by Crippen LogP contribution is -2.45. The van der Waals surface area contributed by atoms with E-state index >= 15 is 0 Å². The first-order valence-corrected chi connectivity index (χ1v) is 12.1. The van der Waals surface area contributed by atoms with Crippen LogP contribution >= 0.6 is 0 Å². The highest BCUT2D eigenvalue weighted by molar-refractivity contribution is 7.89. The van der Waals surface area contributed by atoms with E-state index in [4.69, 9.17) is 9.15 Å². The van der Waals surface area contributed by atoms with Crippen molar-refractivity contribution < 1.29 is 17.6 Å². The van der Waals surface area contributed by atoms with Crippen molar-refractivity contribution in [1.29, 1.82) is 5.26 Å². The lowest BCUT2D eigenvalue weighted by Gasteiger charge is -2.34. The van der Waals surface area contributed by atoms with Crippen molar-refractivity contribution in [3.8, 4) is 17.5 Å². The summed E-state index contributed by atoms with van der Waals surface area (Å²) in [5.41, 5.74) is 0.846. The van der Waals surface area contributed by atoms with E-state index in [0.717, 1.165) is 12.8 Å². The molecule has 0 amide bonds. The molecule has 1 aromatic heterocycles. The number of nitrogens with zero attached hydrogens (tertiary/aromatic N) is 4. The first kappa shape index (κ1) is 21.8. The van der Waals surface area contributed by atoms with E-state index < -0.39 is 10.0 Å². The third kappa shape index (κ3) is 4.47. The molecule has 166 valence electrons. The minimum Gasteiger partial charge on any atom is -0.419 e. The summed E-state index contributed by atoms with van der Waals surface area (Å²) in [7, 11) is -3.51. The number of ether oxygens (including phenoxy) is 1. The number of morpholine rings is 1. The molecule has 2 aromatic rings. The van der Waals surface area contributed by atoms with Gasteiger partial charge in [-0.25, -0.2) is 8.42 Å². The summed E-state index contributed by atoms with van der Waals surface area (Å²) in [4.78, 5) is 6.58. The Balaban J connectivity index is 1.57. The van der Waals surface area contributed by atoms with Crippen molar-refractivity contribution in [1.82, 2.24) is 9.29 Å². The van der Waals surface area contributed by atoms with Gasteiger partial charge in [-0.15, -0.1) is 0 Å². The van der Waals surface area contributed by atoms with E-state index in [9.17, 15) is 13.7 Å². The Morgan fingerprint density at radius 2 is 1.68 bits per heavy atom. The molecule has 9 heteroatoms. The van der Waals surface area contributed by atoms with Gasteiger partial charge in [0.1, 0.15) is 6.07 Å². The van der Waals surface area contributed by atoms with Gasteiger partial charge >= 0.3 is 0 Å². The van der Waals surface area contributed by atoms with Gasteiger partial charge in [0.15, 0.2) is 0 Å². The van der Waals surface area contributed by atoms with Crippen LogP contribution < -0.4 is 4.90 Å². The molecule has 8 nitrogen and oxygen atoms in total. The first-order valence-electron chi connectivity index (χ1n) is 10.7. The summed E-state index contributed by atoms with van der Waals surface area (Å²) in [6.45, 7) is 8.44. The quantitative estimate of drug-likeness (QED) is 0.714. The fourth-order valence-corrected chi connectivity index (χ4v) is 5.68. The normalized spacial score (nSPS) is 23.6. The van der Waals surface area contributed by atoms with Crippen molar-refractivity contribution in [2.24, 2.45) is 5.92 Å². The summed E-state index contributed by atoms with van der Waals surface area (Å²) in [6.07, 6.45) is 1.80. The Labute approximate surface area is 183 Å². The smallest absolute Gasteiger partial charge is 0.243 e. The van der Waals surface area contributed by atoms with Gasteiger partial charge in [-0.05, 0) is 56.9 Å². The van der Waals surface area contributed by atoms with E-state index in [1.54, 1.807) is 28.6 Å². The number of hydrogen-bond donors (Lipinski definition) is 0. The summed E-state index contributed by atoms with van der Waals surface area (Å²) in [6, 6.07) is 8.63.